The zero-order valence-electron chi connectivity index (χ0n) is 13.9. The van der Waals surface area contributed by atoms with Crippen molar-refractivity contribution in [3.05, 3.63) is 63.5 Å². The van der Waals surface area contributed by atoms with Crippen LogP contribution in [0.3, 0.4) is 0 Å². The van der Waals surface area contributed by atoms with E-state index in [2.05, 4.69) is 15.9 Å². The third-order valence-electron chi connectivity index (χ3n) is 3.67. The quantitative estimate of drug-likeness (QED) is 0.654. The average Bonchev–Trinajstić information content (AvgIpc) is 2.90. The van der Waals surface area contributed by atoms with Crippen molar-refractivity contribution in [1.29, 1.82) is 0 Å². The van der Waals surface area contributed by atoms with Crippen molar-refractivity contribution in [2.45, 2.75) is 6.42 Å². The number of carbonyl (C=O) groups excluding carboxylic acids is 2. The number of imide groups is 1. The van der Waals surface area contributed by atoms with Crippen LogP contribution in [0.25, 0.3) is 6.08 Å². The third kappa shape index (κ3) is 4.40. The highest BCUT2D eigenvalue weighted by Gasteiger charge is 2.37. The molecule has 1 heterocycles. The number of anilines is 1. The lowest BCUT2D eigenvalue weighted by molar-refractivity contribution is -0.137. The van der Waals surface area contributed by atoms with Crippen molar-refractivity contribution in [2.24, 2.45) is 0 Å². The van der Waals surface area contributed by atoms with Crippen LogP contribution < -0.4 is 9.64 Å². The van der Waals surface area contributed by atoms with Gasteiger partial charge in [-0.1, -0.05) is 30.3 Å². The van der Waals surface area contributed by atoms with Gasteiger partial charge in [0.2, 0.25) is 0 Å². The van der Waals surface area contributed by atoms with E-state index < -0.39 is 11.9 Å². The number of ether oxygens (including phenoxy) is 1. The number of aliphatic carboxylic acids is 1. The van der Waals surface area contributed by atoms with Crippen LogP contribution in [0.4, 0.5) is 10.5 Å². The predicted octanol–water partition coefficient (Wildman–Crippen LogP) is 4.54. The number of amides is 2. The van der Waals surface area contributed by atoms with Gasteiger partial charge in [-0.2, -0.15) is 0 Å². The number of carboxylic acid groups (broad SMARTS) is 1. The zero-order chi connectivity index (χ0) is 19.4. The Morgan fingerprint density at radius 1 is 1.15 bits per heavy atom. The Morgan fingerprint density at radius 3 is 2.59 bits per heavy atom. The average molecular weight is 448 g/mol. The summed E-state index contributed by atoms with van der Waals surface area (Å²) in [7, 11) is 0. The first-order chi connectivity index (χ1) is 13.0. The molecule has 1 aliphatic rings. The van der Waals surface area contributed by atoms with Crippen LogP contribution in [-0.4, -0.2) is 28.8 Å². The van der Waals surface area contributed by atoms with E-state index in [1.54, 1.807) is 54.6 Å². The highest BCUT2D eigenvalue weighted by Crippen LogP contribution is 2.39. The summed E-state index contributed by atoms with van der Waals surface area (Å²) in [4.78, 5) is 37.2. The molecule has 2 amide bonds. The Hall–Kier alpha value is -2.58. The Morgan fingerprint density at radius 2 is 1.85 bits per heavy atom. The number of thioether (sulfide) groups is 1. The summed E-state index contributed by atoms with van der Waals surface area (Å²) in [5.41, 5.74) is 1.08. The van der Waals surface area contributed by atoms with E-state index in [1.807, 2.05) is 0 Å². The fourth-order valence-electron chi connectivity index (χ4n) is 2.43. The number of benzene rings is 2. The zero-order valence-corrected chi connectivity index (χ0v) is 16.3. The van der Waals surface area contributed by atoms with E-state index in [0.29, 0.717) is 21.5 Å². The summed E-state index contributed by atoms with van der Waals surface area (Å²) in [6.45, 7) is 0.0125. The molecule has 1 saturated heterocycles. The second-order valence-electron chi connectivity index (χ2n) is 5.50. The Balaban J connectivity index is 1.86. The maximum Gasteiger partial charge on any atom is 0.306 e. The SMILES string of the molecule is O=C(O)CCOc1ccccc1/C=C1/SC(=O)N(c2ccccc2Br)C1=O. The van der Waals surface area contributed by atoms with Crippen molar-refractivity contribution in [3.63, 3.8) is 0 Å². The maximum absolute atomic E-state index is 12.8. The summed E-state index contributed by atoms with van der Waals surface area (Å²) >= 11 is 4.20. The summed E-state index contributed by atoms with van der Waals surface area (Å²) in [5, 5.41) is 8.34. The van der Waals surface area contributed by atoms with Gasteiger partial charge in [-0.25, -0.2) is 4.90 Å². The summed E-state index contributed by atoms with van der Waals surface area (Å²) in [5.74, 6) is -0.925. The van der Waals surface area contributed by atoms with Gasteiger partial charge in [0.25, 0.3) is 11.1 Å². The number of hydrogen-bond acceptors (Lipinski definition) is 5. The van der Waals surface area contributed by atoms with Gasteiger partial charge in [-0.3, -0.25) is 14.4 Å². The molecular weight excluding hydrogens is 434 g/mol. The van der Waals surface area contributed by atoms with Gasteiger partial charge >= 0.3 is 5.97 Å². The van der Waals surface area contributed by atoms with Gasteiger partial charge in [0.15, 0.2) is 0 Å². The van der Waals surface area contributed by atoms with Crippen LogP contribution in [0.1, 0.15) is 12.0 Å². The van der Waals surface area contributed by atoms with E-state index in [0.717, 1.165) is 16.7 Å². The number of halogens is 1. The van der Waals surface area contributed by atoms with Crippen LogP contribution in [0.5, 0.6) is 5.75 Å². The summed E-state index contributed by atoms with van der Waals surface area (Å²) in [6, 6.07) is 13.9. The van der Waals surface area contributed by atoms with E-state index in [4.69, 9.17) is 9.84 Å². The molecule has 0 saturated carbocycles. The largest absolute Gasteiger partial charge is 0.492 e. The molecule has 0 unspecified atom stereocenters. The van der Waals surface area contributed by atoms with Crippen molar-refractivity contribution in [1.82, 2.24) is 0 Å². The van der Waals surface area contributed by atoms with Gasteiger partial charge < -0.3 is 9.84 Å². The summed E-state index contributed by atoms with van der Waals surface area (Å²) < 4.78 is 6.14. The minimum absolute atomic E-state index is 0.0125. The first-order valence-electron chi connectivity index (χ1n) is 7.93. The molecule has 1 N–H and O–H groups in total. The number of para-hydroxylation sites is 2. The molecule has 0 spiro atoms. The monoisotopic (exact) mass is 447 g/mol. The molecule has 6 nitrogen and oxygen atoms in total. The Labute approximate surface area is 167 Å². The molecule has 8 heteroatoms. The molecular formula is C19H14BrNO5S. The van der Waals surface area contributed by atoms with E-state index in [9.17, 15) is 14.4 Å². The third-order valence-corrected chi connectivity index (χ3v) is 5.21. The number of hydrogen-bond donors (Lipinski definition) is 1. The molecule has 0 bridgehead atoms. The molecule has 0 aromatic heterocycles. The smallest absolute Gasteiger partial charge is 0.306 e. The minimum Gasteiger partial charge on any atom is -0.492 e. The van der Waals surface area contributed by atoms with Gasteiger partial charge in [0.1, 0.15) is 5.75 Å². The summed E-state index contributed by atoms with van der Waals surface area (Å²) in [6.07, 6.45) is 1.45. The molecule has 27 heavy (non-hydrogen) atoms. The van der Waals surface area contributed by atoms with E-state index in [-0.39, 0.29) is 23.2 Å². The molecule has 0 atom stereocenters. The highest BCUT2D eigenvalue weighted by atomic mass is 79.9. The molecule has 1 aliphatic heterocycles. The first kappa shape index (κ1) is 19.2. The van der Waals surface area contributed by atoms with Gasteiger partial charge in [-0.15, -0.1) is 0 Å². The van der Waals surface area contributed by atoms with E-state index in [1.165, 1.54) is 0 Å². The van der Waals surface area contributed by atoms with Crippen LogP contribution in [0.2, 0.25) is 0 Å². The van der Waals surface area contributed by atoms with Gasteiger partial charge in [0, 0.05) is 10.0 Å². The normalized spacial score (nSPS) is 15.4. The topological polar surface area (TPSA) is 83.9 Å². The minimum atomic E-state index is -0.956. The standard InChI is InChI=1S/C19H14BrNO5S/c20-13-6-2-3-7-14(13)21-18(24)16(27-19(21)25)11-12-5-1-4-8-15(12)26-10-9-17(22)23/h1-8,11H,9-10H2,(H,22,23)/b16-11+. The number of carboxylic acids is 1. The highest BCUT2D eigenvalue weighted by molar-refractivity contribution is 9.10. The van der Waals surface area contributed by atoms with Crippen LogP contribution in [0, 0.1) is 0 Å². The van der Waals surface area contributed by atoms with Gasteiger partial charge in [-0.05, 0) is 52.0 Å². The Kier molecular flexibility index (Phi) is 5.98. The molecule has 2 aromatic carbocycles. The molecule has 138 valence electrons. The molecule has 2 aromatic rings. The first-order valence-corrected chi connectivity index (χ1v) is 9.54. The second kappa shape index (κ2) is 8.41. The number of rotatable bonds is 6. The Bertz CT molecular complexity index is 943. The fourth-order valence-corrected chi connectivity index (χ4v) is 3.72. The van der Waals surface area contributed by atoms with Crippen molar-refractivity contribution in [2.75, 3.05) is 11.5 Å². The van der Waals surface area contributed by atoms with Crippen molar-refractivity contribution in [3.8, 4) is 5.75 Å². The van der Waals surface area contributed by atoms with Crippen LogP contribution >= 0.6 is 27.7 Å². The van der Waals surface area contributed by atoms with Crippen LogP contribution in [-0.2, 0) is 9.59 Å². The fraction of sp³-hybridized carbons (Fsp3) is 0.105. The maximum atomic E-state index is 12.8. The number of nitrogens with zero attached hydrogens (tertiary/aromatic N) is 1. The molecule has 1 fully saturated rings. The van der Waals surface area contributed by atoms with Crippen molar-refractivity contribution < 1.29 is 24.2 Å². The van der Waals surface area contributed by atoms with Crippen LogP contribution in [0.15, 0.2) is 57.9 Å². The lowest BCUT2D eigenvalue weighted by atomic mass is 10.2. The van der Waals surface area contributed by atoms with E-state index >= 15 is 0 Å². The predicted molar refractivity (Wildman–Crippen MR) is 107 cm³/mol. The second-order valence-corrected chi connectivity index (χ2v) is 7.35. The lowest BCUT2D eigenvalue weighted by Gasteiger charge is -2.14. The molecule has 0 aliphatic carbocycles. The lowest BCUT2D eigenvalue weighted by Crippen LogP contribution is -2.27. The molecule has 3 rings (SSSR count). The number of carbonyl (C=O) groups is 3. The molecule has 0 radical (unpaired) electrons. The van der Waals surface area contributed by atoms with Crippen molar-refractivity contribution >= 4 is 56.6 Å². The van der Waals surface area contributed by atoms with Gasteiger partial charge in [0.05, 0.1) is 23.6 Å².